The number of hydrogen-bond donors (Lipinski definition) is 1. The number of methoxy groups -OCH3 is 1. The van der Waals surface area contributed by atoms with Crippen molar-refractivity contribution in [3.63, 3.8) is 0 Å². The zero-order chi connectivity index (χ0) is 21.6. The summed E-state index contributed by atoms with van der Waals surface area (Å²) in [4.78, 5) is 20.9. The maximum atomic E-state index is 12.8. The highest BCUT2D eigenvalue weighted by Gasteiger charge is 2.18. The highest BCUT2D eigenvalue weighted by Crippen LogP contribution is 2.25. The molecule has 3 aromatic rings. The molecule has 0 radical (unpaired) electrons. The van der Waals surface area contributed by atoms with Gasteiger partial charge in [0.25, 0.3) is 5.91 Å². The van der Waals surface area contributed by atoms with Crippen molar-refractivity contribution in [1.82, 2.24) is 19.6 Å². The van der Waals surface area contributed by atoms with Gasteiger partial charge in [-0.05, 0) is 56.3 Å². The van der Waals surface area contributed by atoms with Gasteiger partial charge in [-0.2, -0.15) is 0 Å². The van der Waals surface area contributed by atoms with E-state index in [1.807, 2.05) is 17.6 Å². The van der Waals surface area contributed by atoms with Crippen molar-refractivity contribution in [3.05, 3.63) is 34.8 Å². The Balaban J connectivity index is 0.00000193. The lowest BCUT2D eigenvalue weighted by atomic mass is 10.1. The summed E-state index contributed by atoms with van der Waals surface area (Å²) in [7, 11) is 3.56. The SMILES string of the molecule is COCCCCN(C)C(=O)c1cn2c(nc3cc(CNCCC4CCCO4)ccc32)s1.Cl.Cl. The zero-order valence-electron chi connectivity index (χ0n) is 19.2. The van der Waals surface area contributed by atoms with E-state index in [0.717, 1.165) is 73.0 Å². The highest BCUT2D eigenvalue weighted by atomic mass is 35.5. The van der Waals surface area contributed by atoms with Crippen LogP contribution in [0.3, 0.4) is 0 Å². The number of amides is 1. The number of fused-ring (bicyclic) bond motifs is 3. The van der Waals surface area contributed by atoms with E-state index in [1.54, 1.807) is 12.0 Å². The third kappa shape index (κ3) is 7.04. The van der Waals surface area contributed by atoms with Crippen molar-refractivity contribution in [2.75, 3.05) is 40.5 Å². The van der Waals surface area contributed by atoms with Crippen LogP contribution in [-0.4, -0.2) is 66.8 Å². The Morgan fingerprint density at radius 2 is 2.21 bits per heavy atom. The fourth-order valence-corrected chi connectivity index (χ4v) is 5.01. The van der Waals surface area contributed by atoms with Gasteiger partial charge in [-0.15, -0.1) is 24.8 Å². The smallest absolute Gasteiger partial charge is 0.265 e. The number of nitrogens with zero attached hydrogens (tertiary/aromatic N) is 3. The molecule has 1 fully saturated rings. The van der Waals surface area contributed by atoms with Gasteiger partial charge in [-0.25, -0.2) is 4.98 Å². The standard InChI is InChI=1S/C23H32N4O3S.2ClH/c1-26(11-3-4-12-29-2)22(28)21-16-27-20-8-7-17(14-19(20)25-23(27)31-21)15-24-10-9-18-6-5-13-30-18;;/h7-8,14,16,18,24H,3-6,9-13,15H2,1-2H3;2*1H. The maximum Gasteiger partial charge on any atom is 0.265 e. The van der Waals surface area contributed by atoms with Gasteiger partial charge in [0.1, 0.15) is 4.88 Å². The van der Waals surface area contributed by atoms with E-state index in [0.29, 0.717) is 6.10 Å². The number of aromatic nitrogens is 2. The number of benzene rings is 1. The van der Waals surface area contributed by atoms with Crippen LogP contribution in [0.5, 0.6) is 0 Å². The summed E-state index contributed by atoms with van der Waals surface area (Å²) in [6.45, 7) is 4.16. The van der Waals surface area contributed by atoms with E-state index in [2.05, 4.69) is 23.5 Å². The van der Waals surface area contributed by atoms with Gasteiger partial charge in [0.05, 0.1) is 17.1 Å². The van der Waals surface area contributed by atoms with Gasteiger partial charge in [0.15, 0.2) is 4.96 Å². The van der Waals surface area contributed by atoms with Gasteiger partial charge < -0.3 is 19.7 Å². The highest BCUT2D eigenvalue weighted by molar-refractivity contribution is 7.18. The second-order valence-corrected chi connectivity index (χ2v) is 9.22. The second-order valence-electron chi connectivity index (χ2n) is 8.21. The Morgan fingerprint density at radius 1 is 1.36 bits per heavy atom. The first-order valence-corrected chi connectivity index (χ1v) is 11.9. The molecule has 10 heteroatoms. The Morgan fingerprint density at radius 3 is 2.97 bits per heavy atom. The van der Waals surface area contributed by atoms with Crippen LogP contribution in [-0.2, 0) is 16.0 Å². The Hall–Kier alpha value is -1.42. The number of carbonyl (C=O) groups excluding carboxylic acids is 1. The van der Waals surface area contributed by atoms with Crippen molar-refractivity contribution in [2.24, 2.45) is 0 Å². The fourth-order valence-electron chi connectivity index (χ4n) is 4.02. The summed E-state index contributed by atoms with van der Waals surface area (Å²) in [5.74, 6) is 0.0492. The number of thiazole rings is 1. The Kier molecular flexibility index (Phi) is 11.4. The van der Waals surface area contributed by atoms with Gasteiger partial charge >= 0.3 is 0 Å². The summed E-state index contributed by atoms with van der Waals surface area (Å²) in [6, 6.07) is 6.37. The molecular weight excluding hydrogens is 483 g/mol. The van der Waals surface area contributed by atoms with E-state index in [9.17, 15) is 4.79 Å². The van der Waals surface area contributed by atoms with E-state index >= 15 is 0 Å². The molecular formula is C23H34Cl2N4O3S. The lowest BCUT2D eigenvalue weighted by Crippen LogP contribution is -2.27. The molecule has 1 amide bonds. The average molecular weight is 518 g/mol. The summed E-state index contributed by atoms with van der Waals surface area (Å²) in [6.07, 6.45) is 7.69. The van der Waals surface area contributed by atoms with Crippen molar-refractivity contribution in [1.29, 1.82) is 0 Å². The molecule has 184 valence electrons. The lowest BCUT2D eigenvalue weighted by molar-refractivity contribution is 0.0792. The number of imidazole rings is 1. The number of carbonyl (C=O) groups is 1. The Bertz CT molecular complexity index is 1020. The van der Waals surface area contributed by atoms with Crippen LogP contribution in [0.15, 0.2) is 24.4 Å². The molecule has 0 saturated carbocycles. The van der Waals surface area contributed by atoms with Crippen LogP contribution in [0.25, 0.3) is 16.0 Å². The van der Waals surface area contributed by atoms with Crippen molar-refractivity contribution in [3.8, 4) is 0 Å². The van der Waals surface area contributed by atoms with Crippen LogP contribution in [0.4, 0.5) is 0 Å². The average Bonchev–Trinajstić information content (AvgIpc) is 3.49. The van der Waals surface area contributed by atoms with E-state index in [-0.39, 0.29) is 30.7 Å². The number of halogens is 2. The molecule has 0 aliphatic carbocycles. The first kappa shape index (κ1) is 27.8. The minimum atomic E-state index is 0. The number of hydrogen-bond acceptors (Lipinski definition) is 6. The van der Waals surface area contributed by atoms with Gasteiger partial charge in [0.2, 0.25) is 0 Å². The third-order valence-corrected chi connectivity index (χ3v) is 6.79. The number of rotatable bonds is 11. The quantitative estimate of drug-likeness (QED) is 0.378. The molecule has 1 saturated heterocycles. The molecule has 2 aromatic heterocycles. The van der Waals surface area contributed by atoms with Crippen LogP contribution in [0.1, 0.15) is 47.3 Å². The number of unbranched alkanes of at least 4 members (excludes halogenated alkanes) is 1. The first-order chi connectivity index (χ1) is 15.2. The van der Waals surface area contributed by atoms with E-state index in [1.165, 1.54) is 29.7 Å². The Labute approximate surface area is 211 Å². The molecule has 1 aromatic carbocycles. The van der Waals surface area contributed by atoms with Crippen molar-refractivity contribution < 1.29 is 14.3 Å². The first-order valence-electron chi connectivity index (χ1n) is 11.1. The van der Waals surface area contributed by atoms with Crippen LogP contribution in [0, 0.1) is 0 Å². The summed E-state index contributed by atoms with van der Waals surface area (Å²) >= 11 is 1.45. The molecule has 1 aliphatic heterocycles. The van der Waals surface area contributed by atoms with Crippen LogP contribution >= 0.6 is 36.2 Å². The molecule has 0 spiro atoms. The normalized spacial score (nSPS) is 15.5. The molecule has 7 nitrogen and oxygen atoms in total. The molecule has 33 heavy (non-hydrogen) atoms. The summed E-state index contributed by atoms with van der Waals surface area (Å²) in [5.41, 5.74) is 3.23. The summed E-state index contributed by atoms with van der Waals surface area (Å²) < 4.78 is 12.8. The van der Waals surface area contributed by atoms with Crippen LogP contribution in [0.2, 0.25) is 0 Å². The molecule has 1 atom stereocenters. The predicted octanol–water partition coefficient (Wildman–Crippen LogP) is 4.55. The van der Waals surface area contributed by atoms with Gasteiger partial charge in [-0.1, -0.05) is 17.4 Å². The zero-order valence-corrected chi connectivity index (χ0v) is 21.7. The molecule has 1 unspecified atom stereocenters. The molecule has 0 bridgehead atoms. The minimum Gasteiger partial charge on any atom is -0.385 e. The predicted molar refractivity (Wildman–Crippen MR) is 138 cm³/mol. The number of ether oxygens (including phenoxy) is 2. The number of nitrogens with one attached hydrogen (secondary N) is 1. The van der Waals surface area contributed by atoms with Crippen LogP contribution < -0.4 is 5.32 Å². The molecule has 1 aliphatic rings. The second kappa shape index (κ2) is 13.5. The molecule has 1 N–H and O–H groups in total. The van der Waals surface area contributed by atoms with Gasteiger partial charge in [-0.3, -0.25) is 9.20 Å². The molecule has 3 heterocycles. The lowest BCUT2D eigenvalue weighted by Gasteiger charge is -2.15. The largest absolute Gasteiger partial charge is 0.385 e. The van der Waals surface area contributed by atoms with Crippen molar-refractivity contribution in [2.45, 2.75) is 44.8 Å². The fraction of sp³-hybridized carbons (Fsp3) is 0.565. The van der Waals surface area contributed by atoms with E-state index in [4.69, 9.17) is 14.5 Å². The topological polar surface area (TPSA) is 68.1 Å². The summed E-state index contributed by atoms with van der Waals surface area (Å²) in [5, 5.41) is 3.51. The third-order valence-electron chi connectivity index (χ3n) is 5.81. The maximum absolute atomic E-state index is 12.8. The molecule has 4 rings (SSSR count). The van der Waals surface area contributed by atoms with E-state index < -0.39 is 0 Å². The van der Waals surface area contributed by atoms with Crippen molar-refractivity contribution >= 4 is 58.1 Å². The monoisotopic (exact) mass is 516 g/mol. The van der Waals surface area contributed by atoms with Gasteiger partial charge in [0, 0.05) is 46.7 Å². The minimum absolute atomic E-state index is 0.